The van der Waals surface area contributed by atoms with Crippen LogP contribution in [0.1, 0.15) is 52.7 Å². The minimum atomic E-state index is -0.115. The van der Waals surface area contributed by atoms with Gasteiger partial charge < -0.3 is 20.3 Å². The summed E-state index contributed by atoms with van der Waals surface area (Å²) in [5, 5.41) is 6.01. The molecule has 1 fully saturated rings. The average molecular weight is 472 g/mol. The smallest absolute Gasteiger partial charge is 0.321 e. The fourth-order valence-corrected chi connectivity index (χ4v) is 4.46. The minimum Gasteiger partial charge on any atom is -0.497 e. The number of piperidine rings is 1. The van der Waals surface area contributed by atoms with E-state index in [1.54, 1.807) is 7.11 Å². The molecule has 0 radical (unpaired) electrons. The van der Waals surface area contributed by atoms with Gasteiger partial charge in [0.2, 0.25) is 0 Å². The number of urea groups is 1. The second-order valence-corrected chi connectivity index (χ2v) is 8.93. The molecule has 1 atom stereocenters. The summed E-state index contributed by atoms with van der Waals surface area (Å²) in [6.45, 7) is 3.90. The van der Waals surface area contributed by atoms with Crippen molar-refractivity contribution in [1.82, 2.24) is 10.2 Å². The fraction of sp³-hybridized carbons (Fsp3) is 0.310. The third kappa shape index (κ3) is 6.41. The van der Waals surface area contributed by atoms with Crippen molar-refractivity contribution in [3.05, 3.63) is 95.1 Å². The quantitative estimate of drug-likeness (QED) is 0.471. The van der Waals surface area contributed by atoms with Crippen LogP contribution in [-0.2, 0) is 13.0 Å². The van der Waals surface area contributed by atoms with Crippen molar-refractivity contribution in [3.8, 4) is 5.75 Å². The van der Waals surface area contributed by atoms with Gasteiger partial charge in [-0.2, -0.15) is 0 Å². The van der Waals surface area contributed by atoms with Crippen molar-refractivity contribution in [1.29, 1.82) is 0 Å². The van der Waals surface area contributed by atoms with Crippen LogP contribution in [0, 0.1) is 0 Å². The number of carbonyl (C=O) groups excluding carboxylic acids is 2. The van der Waals surface area contributed by atoms with E-state index in [1.165, 1.54) is 5.56 Å². The molecule has 182 valence electrons. The molecule has 3 amide bonds. The van der Waals surface area contributed by atoms with Crippen LogP contribution >= 0.6 is 0 Å². The Bertz CT molecular complexity index is 1160. The second-order valence-electron chi connectivity index (χ2n) is 8.93. The van der Waals surface area contributed by atoms with Gasteiger partial charge in [-0.05, 0) is 72.4 Å². The molecule has 35 heavy (non-hydrogen) atoms. The van der Waals surface area contributed by atoms with Crippen molar-refractivity contribution >= 4 is 17.6 Å². The van der Waals surface area contributed by atoms with Crippen LogP contribution in [-0.4, -0.2) is 37.0 Å². The van der Waals surface area contributed by atoms with E-state index in [0.29, 0.717) is 18.7 Å². The number of methoxy groups -OCH3 is 1. The summed E-state index contributed by atoms with van der Waals surface area (Å²) < 4.78 is 5.25. The molecule has 3 aromatic carbocycles. The highest BCUT2D eigenvalue weighted by Gasteiger charge is 2.25. The van der Waals surface area contributed by atoms with Gasteiger partial charge in [-0.1, -0.05) is 43.3 Å². The Morgan fingerprint density at radius 2 is 1.80 bits per heavy atom. The highest BCUT2D eigenvalue weighted by molar-refractivity contribution is 5.94. The molecule has 0 spiro atoms. The molecule has 0 bridgehead atoms. The number of nitrogens with zero attached hydrogens (tertiary/aromatic N) is 1. The predicted octanol–water partition coefficient (Wildman–Crippen LogP) is 5.60. The maximum absolute atomic E-state index is 12.9. The van der Waals surface area contributed by atoms with E-state index in [1.807, 2.05) is 77.7 Å². The monoisotopic (exact) mass is 471 g/mol. The fourth-order valence-electron chi connectivity index (χ4n) is 4.46. The Morgan fingerprint density at radius 3 is 2.57 bits per heavy atom. The number of hydrogen-bond donors (Lipinski definition) is 2. The summed E-state index contributed by atoms with van der Waals surface area (Å²) >= 11 is 0. The van der Waals surface area contributed by atoms with Crippen LogP contribution in [0.25, 0.3) is 0 Å². The summed E-state index contributed by atoms with van der Waals surface area (Å²) in [5.74, 6) is 0.848. The van der Waals surface area contributed by atoms with Gasteiger partial charge >= 0.3 is 6.03 Å². The second kappa shape index (κ2) is 11.6. The highest BCUT2D eigenvalue weighted by Crippen LogP contribution is 2.28. The molecule has 0 aliphatic carbocycles. The van der Waals surface area contributed by atoms with Crippen LogP contribution in [0.15, 0.2) is 72.8 Å². The molecule has 0 unspecified atom stereocenters. The van der Waals surface area contributed by atoms with E-state index < -0.39 is 0 Å². The molecular formula is C29H33N3O3. The minimum absolute atomic E-state index is 0.0777. The number of ether oxygens (including phenoxy) is 1. The first-order valence-corrected chi connectivity index (χ1v) is 12.2. The summed E-state index contributed by atoms with van der Waals surface area (Å²) in [5.41, 5.74) is 4.75. The maximum atomic E-state index is 12.9. The Labute approximate surface area is 207 Å². The SMILES string of the molecule is CCc1ccc(NC(=O)N2CCC[C@H](c3cccc(C(=O)NCc4cccc(OC)c4)c3)C2)cc1. The first kappa shape index (κ1) is 24.3. The van der Waals surface area contributed by atoms with Gasteiger partial charge in [-0.25, -0.2) is 4.79 Å². The Balaban J connectivity index is 1.36. The maximum Gasteiger partial charge on any atom is 0.321 e. The largest absolute Gasteiger partial charge is 0.497 e. The van der Waals surface area contributed by atoms with Crippen LogP contribution in [0.2, 0.25) is 0 Å². The van der Waals surface area contributed by atoms with E-state index in [2.05, 4.69) is 17.6 Å². The zero-order valence-electron chi connectivity index (χ0n) is 20.4. The third-order valence-corrected chi connectivity index (χ3v) is 6.53. The standard InChI is InChI=1S/C29H33N3O3/c1-3-21-12-14-26(15-13-21)31-29(34)32-16-6-10-25(20-32)23-8-5-9-24(18-23)28(33)30-19-22-7-4-11-27(17-22)35-2/h4-5,7-9,11-15,17-18,25H,3,6,10,16,19-20H2,1-2H3,(H,30,33)(H,31,34)/t25-/m0/s1. The first-order chi connectivity index (χ1) is 17.1. The molecule has 1 aliphatic heterocycles. The molecule has 4 rings (SSSR count). The Morgan fingerprint density at radius 1 is 1.00 bits per heavy atom. The van der Waals surface area contributed by atoms with E-state index >= 15 is 0 Å². The van der Waals surface area contributed by atoms with E-state index in [-0.39, 0.29) is 17.9 Å². The van der Waals surface area contributed by atoms with Crippen molar-refractivity contribution in [2.45, 2.75) is 38.6 Å². The van der Waals surface area contributed by atoms with E-state index in [0.717, 1.165) is 48.4 Å². The van der Waals surface area contributed by atoms with Gasteiger partial charge in [0, 0.05) is 36.8 Å². The molecule has 1 saturated heterocycles. The lowest BCUT2D eigenvalue weighted by Crippen LogP contribution is -2.41. The lowest BCUT2D eigenvalue weighted by molar-refractivity contribution is 0.0950. The summed E-state index contributed by atoms with van der Waals surface area (Å²) in [6, 6.07) is 23.3. The third-order valence-electron chi connectivity index (χ3n) is 6.53. The first-order valence-electron chi connectivity index (χ1n) is 12.2. The molecule has 1 heterocycles. The Hall–Kier alpha value is -3.80. The molecule has 6 heteroatoms. The average Bonchev–Trinajstić information content (AvgIpc) is 2.92. The lowest BCUT2D eigenvalue weighted by Gasteiger charge is -2.33. The zero-order chi connectivity index (χ0) is 24.6. The number of hydrogen-bond acceptors (Lipinski definition) is 3. The summed E-state index contributed by atoms with van der Waals surface area (Å²) in [6.07, 6.45) is 2.89. The summed E-state index contributed by atoms with van der Waals surface area (Å²) in [7, 11) is 1.63. The van der Waals surface area contributed by atoms with Crippen LogP contribution in [0.5, 0.6) is 5.75 Å². The van der Waals surface area contributed by atoms with E-state index in [9.17, 15) is 9.59 Å². The molecular weight excluding hydrogens is 438 g/mol. The van der Waals surface area contributed by atoms with Crippen molar-refractivity contribution in [3.63, 3.8) is 0 Å². The number of amides is 3. The van der Waals surface area contributed by atoms with Gasteiger partial charge in [0.1, 0.15) is 5.75 Å². The number of rotatable bonds is 7. The number of nitrogens with one attached hydrogen (secondary N) is 2. The molecule has 0 aromatic heterocycles. The Kier molecular flexibility index (Phi) is 8.03. The number of anilines is 1. The van der Waals surface area contributed by atoms with E-state index in [4.69, 9.17) is 4.74 Å². The highest BCUT2D eigenvalue weighted by atomic mass is 16.5. The van der Waals surface area contributed by atoms with Crippen LogP contribution in [0.4, 0.5) is 10.5 Å². The number of aryl methyl sites for hydroxylation is 1. The van der Waals surface area contributed by atoms with Gasteiger partial charge in [0.05, 0.1) is 7.11 Å². The number of likely N-dealkylation sites (tertiary alicyclic amines) is 1. The van der Waals surface area contributed by atoms with Crippen LogP contribution in [0.3, 0.4) is 0 Å². The molecule has 6 nitrogen and oxygen atoms in total. The predicted molar refractivity (Wildman–Crippen MR) is 139 cm³/mol. The lowest BCUT2D eigenvalue weighted by atomic mass is 9.89. The van der Waals surface area contributed by atoms with Gasteiger partial charge in [-0.15, -0.1) is 0 Å². The molecule has 3 aromatic rings. The van der Waals surface area contributed by atoms with Crippen molar-refractivity contribution in [2.75, 3.05) is 25.5 Å². The van der Waals surface area contributed by atoms with Crippen LogP contribution < -0.4 is 15.4 Å². The summed E-state index contributed by atoms with van der Waals surface area (Å²) in [4.78, 5) is 27.6. The molecule has 1 aliphatic rings. The molecule has 2 N–H and O–H groups in total. The molecule has 0 saturated carbocycles. The van der Waals surface area contributed by atoms with Gasteiger partial charge in [-0.3, -0.25) is 4.79 Å². The normalized spacial score (nSPS) is 15.4. The van der Waals surface area contributed by atoms with Gasteiger partial charge in [0.25, 0.3) is 5.91 Å². The van der Waals surface area contributed by atoms with Gasteiger partial charge in [0.15, 0.2) is 0 Å². The number of benzene rings is 3. The number of carbonyl (C=O) groups is 2. The van der Waals surface area contributed by atoms with Crippen molar-refractivity contribution < 1.29 is 14.3 Å². The zero-order valence-corrected chi connectivity index (χ0v) is 20.4. The topological polar surface area (TPSA) is 70.7 Å². The van der Waals surface area contributed by atoms with Crippen molar-refractivity contribution in [2.24, 2.45) is 0 Å².